The van der Waals surface area contributed by atoms with Gasteiger partial charge in [0.15, 0.2) is 0 Å². The van der Waals surface area contributed by atoms with Gasteiger partial charge < -0.3 is 4.42 Å². The number of aromatic nitrogens is 2. The molecule has 80 valence electrons. The molecule has 4 nitrogen and oxygen atoms in total. The van der Waals surface area contributed by atoms with Crippen molar-refractivity contribution in [1.82, 2.24) is 9.78 Å². The fourth-order valence-corrected chi connectivity index (χ4v) is 2.48. The summed E-state index contributed by atoms with van der Waals surface area (Å²) in [5.41, 5.74) is 0. The van der Waals surface area contributed by atoms with E-state index in [9.17, 15) is 4.21 Å². The van der Waals surface area contributed by atoms with E-state index in [0.29, 0.717) is 12.3 Å². The van der Waals surface area contributed by atoms with Crippen LogP contribution in [0.5, 0.6) is 0 Å². The molecule has 0 aliphatic heterocycles. The predicted octanol–water partition coefficient (Wildman–Crippen LogP) is 1.59. The molecule has 2 heterocycles. The van der Waals surface area contributed by atoms with Crippen LogP contribution in [0.1, 0.15) is 5.76 Å². The smallest absolute Gasteiger partial charge is 0.116 e. The summed E-state index contributed by atoms with van der Waals surface area (Å²) in [5.74, 6) is 1.29. The van der Waals surface area contributed by atoms with E-state index in [1.54, 1.807) is 23.2 Å². The van der Waals surface area contributed by atoms with Gasteiger partial charge in [-0.3, -0.25) is 8.89 Å². The highest BCUT2D eigenvalue weighted by Crippen LogP contribution is 2.13. The van der Waals surface area contributed by atoms with Crippen LogP contribution >= 0.6 is 0 Å². The van der Waals surface area contributed by atoms with E-state index in [-0.39, 0.29) is 0 Å². The lowest BCUT2D eigenvalue weighted by Gasteiger charge is -2.01. The summed E-state index contributed by atoms with van der Waals surface area (Å²) < 4.78 is 18.7. The maximum absolute atomic E-state index is 11.8. The molecule has 2 aromatic rings. The first-order valence-corrected chi connectivity index (χ1v) is 5.99. The quantitative estimate of drug-likeness (QED) is 0.792. The van der Waals surface area contributed by atoms with Crippen molar-refractivity contribution >= 4 is 10.8 Å². The van der Waals surface area contributed by atoms with Gasteiger partial charge >= 0.3 is 0 Å². The monoisotopic (exact) mass is 224 g/mol. The van der Waals surface area contributed by atoms with E-state index in [2.05, 4.69) is 5.10 Å². The van der Waals surface area contributed by atoms with Crippen molar-refractivity contribution in [3.8, 4) is 0 Å². The van der Waals surface area contributed by atoms with Crippen LogP contribution in [-0.4, -0.2) is 19.7 Å². The number of furan rings is 1. The van der Waals surface area contributed by atoms with Gasteiger partial charge in [-0.25, -0.2) is 0 Å². The van der Waals surface area contributed by atoms with Crippen molar-refractivity contribution in [3.63, 3.8) is 0 Å². The second-order valence-electron chi connectivity index (χ2n) is 3.16. The minimum absolute atomic E-state index is 0.558. The van der Waals surface area contributed by atoms with E-state index in [0.717, 1.165) is 10.7 Å². The average molecular weight is 224 g/mol. The topological polar surface area (TPSA) is 48.0 Å². The lowest BCUT2D eigenvalue weighted by atomic mass is 10.5. The van der Waals surface area contributed by atoms with Gasteiger partial charge in [0.25, 0.3) is 0 Å². The molecule has 0 saturated heterocycles. The molecular formula is C10H12N2O2S. The van der Waals surface area contributed by atoms with Gasteiger partial charge in [-0.15, -0.1) is 0 Å². The molecule has 2 aromatic heterocycles. The van der Waals surface area contributed by atoms with Gasteiger partial charge in [-0.05, 0) is 19.1 Å². The van der Waals surface area contributed by atoms with Crippen LogP contribution in [0.2, 0.25) is 0 Å². The first-order valence-electron chi connectivity index (χ1n) is 4.67. The van der Waals surface area contributed by atoms with Crippen LogP contribution in [-0.2, 0) is 17.3 Å². The number of hydrogen-bond acceptors (Lipinski definition) is 3. The lowest BCUT2D eigenvalue weighted by Crippen LogP contribution is -2.08. The molecule has 0 radical (unpaired) electrons. The zero-order valence-corrected chi connectivity index (χ0v) is 9.24. The third-order valence-electron chi connectivity index (χ3n) is 2.12. The lowest BCUT2D eigenvalue weighted by molar-refractivity contribution is 0.525. The standard InChI is InChI=1S/C10H12N2O2S/c1-9-10(3-7-14-9)15(13)8-6-12-5-2-4-11-12/h2-5,7H,6,8H2,1H3/t15-/m0/s1. The molecule has 0 amide bonds. The molecule has 0 bridgehead atoms. The van der Waals surface area contributed by atoms with Crippen LogP contribution in [0.15, 0.2) is 40.1 Å². The molecule has 1 atom stereocenters. The molecule has 15 heavy (non-hydrogen) atoms. The summed E-state index contributed by atoms with van der Waals surface area (Å²) in [6.45, 7) is 2.48. The number of rotatable bonds is 4. The van der Waals surface area contributed by atoms with Crippen LogP contribution < -0.4 is 0 Å². The van der Waals surface area contributed by atoms with E-state index < -0.39 is 10.8 Å². The fourth-order valence-electron chi connectivity index (χ4n) is 1.33. The molecule has 0 N–H and O–H groups in total. The van der Waals surface area contributed by atoms with Gasteiger partial charge in [-0.2, -0.15) is 5.10 Å². The molecule has 0 spiro atoms. The molecule has 2 rings (SSSR count). The van der Waals surface area contributed by atoms with Crippen LogP contribution in [0.3, 0.4) is 0 Å². The largest absolute Gasteiger partial charge is 0.468 e. The Hall–Kier alpha value is -1.36. The third kappa shape index (κ3) is 2.36. The summed E-state index contributed by atoms with van der Waals surface area (Å²) >= 11 is 0. The number of nitrogens with zero attached hydrogens (tertiary/aromatic N) is 2. The molecule has 0 unspecified atom stereocenters. The summed E-state index contributed by atoms with van der Waals surface area (Å²) in [6.07, 6.45) is 5.14. The zero-order valence-electron chi connectivity index (χ0n) is 8.42. The van der Waals surface area contributed by atoms with Gasteiger partial charge in [0, 0.05) is 18.1 Å². The second kappa shape index (κ2) is 4.44. The maximum atomic E-state index is 11.8. The van der Waals surface area contributed by atoms with Crippen molar-refractivity contribution in [2.24, 2.45) is 0 Å². The molecule has 0 aromatic carbocycles. The minimum Gasteiger partial charge on any atom is -0.468 e. The minimum atomic E-state index is -1.00. The molecule has 0 fully saturated rings. The van der Waals surface area contributed by atoms with Gasteiger partial charge in [0.05, 0.1) is 28.5 Å². The van der Waals surface area contributed by atoms with Gasteiger partial charge in [-0.1, -0.05) is 0 Å². The zero-order chi connectivity index (χ0) is 10.7. The number of aryl methyl sites for hydroxylation is 2. The average Bonchev–Trinajstić information content (AvgIpc) is 2.84. The summed E-state index contributed by atoms with van der Waals surface area (Å²) in [7, 11) is -1.00. The van der Waals surface area contributed by atoms with Crippen molar-refractivity contribution in [1.29, 1.82) is 0 Å². The Balaban J connectivity index is 1.96. The van der Waals surface area contributed by atoms with Crippen LogP contribution in [0.25, 0.3) is 0 Å². The Morgan fingerprint density at radius 2 is 2.47 bits per heavy atom. The van der Waals surface area contributed by atoms with E-state index in [1.807, 2.05) is 19.2 Å². The van der Waals surface area contributed by atoms with Gasteiger partial charge in [0.2, 0.25) is 0 Å². The normalized spacial score (nSPS) is 12.9. The maximum Gasteiger partial charge on any atom is 0.116 e. The molecule has 0 saturated carbocycles. The second-order valence-corrected chi connectivity index (χ2v) is 4.70. The fraction of sp³-hybridized carbons (Fsp3) is 0.300. The Kier molecular flexibility index (Phi) is 3.01. The highest BCUT2D eigenvalue weighted by Gasteiger charge is 2.09. The van der Waals surface area contributed by atoms with Crippen molar-refractivity contribution < 1.29 is 8.63 Å². The summed E-state index contributed by atoms with van der Waals surface area (Å²) in [4.78, 5) is 0.780. The first-order chi connectivity index (χ1) is 7.27. The van der Waals surface area contributed by atoms with Crippen LogP contribution in [0, 0.1) is 6.92 Å². The Morgan fingerprint density at radius 1 is 1.60 bits per heavy atom. The Labute approximate surface area is 90.4 Å². The molecule has 0 aliphatic carbocycles. The van der Waals surface area contributed by atoms with Gasteiger partial charge in [0.1, 0.15) is 5.76 Å². The molecule has 5 heteroatoms. The SMILES string of the molecule is Cc1occc1[S@@](=O)CCn1cccn1. The van der Waals surface area contributed by atoms with Crippen molar-refractivity contribution in [3.05, 3.63) is 36.5 Å². The summed E-state index contributed by atoms with van der Waals surface area (Å²) in [5, 5.41) is 4.05. The van der Waals surface area contributed by atoms with E-state index in [1.165, 1.54) is 0 Å². The molecule has 0 aliphatic rings. The summed E-state index contributed by atoms with van der Waals surface area (Å²) in [6, 6.07) is 3.61. The Morgan fingerprint density at radius 3 is 3.07 bits per heavy atom. The Bertz CT molecular complexity index is 448. The number of hydrogen-bond donors (Lipinski definition) is 0. The van der Waals surface area contributed by atoms with Crippen LogP contribution in [0.4, 0.5) is 0 Å². The van der Waals surface area contributed by atoms with E-state index >= 15 is 0 Å². The first kappa shape index (κ1) is 10.2. The predicted molar refractivity (Wildman–Crippen MR) is 56.9 cm³/mol. The van der Waals surface area contributed by atoms with E-state index in [4.69, 9.17) is 4.42 Å². The highest BCUT2D eigenvalue weighted by molar-refractivity contribution is 7.85. The highest BCUT2D eigenvalue weighted by atomic mass is 32.2. The van der Waals surface area contributed by atoms with Crippen molar-refractivity contribution in [2.45, 2.75) is 18.4 Å². The third-order valence-corrected chi connectivity index (χ3v) is 3.59. The van der Waals surface area contributed by atoms with Crippen molar-refractivity contribution in [2.75, 3.05) is 5.75 Å². The molecular weight excluding hydrogens is 212 g/mol.